The number of aromatic amines is 1. The number of benzene rings is 2. The van der Waals surface area contributed by atoms with Crippen molar-refractivity contribution in [2.45, 2.75) is 99.5 Å². The molecule has 13 heteroatoms. The van der Waals surface area contributed by atoms with Crippen LogP contribution in [0.4, 0.5) is 5.69 Å². The number of piperidine rings is 1. The Labute approximate surface area is 345 Å². The van der Waals surface area contributed by atoms with Crippen molar-refractivity contribution in [2.75, 3.05) is 66.0 Å². The molecule has 0 radical (unpaired) electrons. The van der Waals surface area contributed by atoms with Gasteiger partial charge in [0.2, 0.25) is 5.60 Å². The smallest absolute Gasteiger partial charge is 0.344 e. The van der Waals surface area contributed by atoms with Gasteiger partial charge in [-0.3, -0.25) is 19.4 Å². The summed E-state index contributed by atoms with van der Waals surface area (Å²) in [6.45, 7) is 8.62. The van der Waals surface area contributed by atoms with E-state index in [-0.39, 0.29) is 12.0 Å². The molecule has 2 bridgehead atoms. The molecule has 1 saturated carbocycles. The van der Waals surface area contributed by atoms with Gasteiger partial charge in [0.15, 0.2) is 6.10 Å². The number of para-hydroxylation sites is 1. The first-order valence-corrected chi connectivity index (χ1v) is 21.2. The van der Waals surface area contributed by atoms with Gasteiger partial charge in [-0.05, 0) is 74.2 Å². The molecule has 6 heterocycles. The number of carbonyl (C=O) groups excluding carboxylic acids is 3. The van der Waals surface area contributed by atoms with Gasteiger partial charge in [0, 0.05) is 90.9 Å². The van der Waals surface area contributed by atoms with Crippen LogP contribution in [0.2, 0.25) is 0 Å². The predicted octanol–water partition coefficient (Wildman–Crippen LogP) is 3.99. The molecule has 1 spiro atoms. The van der Waals surface area contributed by atoms with E-state index in [0.29, 0.717) is 82.6 Å². The van der Waals surface area contributed by atoms with Gasteiger partial charge in [0.05, 0.1) is 33.0 Å². The SMILES string of the molecule is CC[C@]1(O)C[C@@H]2CN(CCc3c([nH]c4ccccc34)[C@](C(=O)OC)(c3cc4c(cc3OC)N(C)[C@H]3[C@@](O)(C(=O)OC)[C@H](OC(C)=O)[C@@]5(CC)C=CCN6CC[C@@]43[C@H]65)C2)C1. The molecule has 9 rings (SSSR count). The number of hydrogen-bond donors (Lipinski definition) is 3. The Hall–Kier alpha value is -4.43. The molecule has 3 fully saturated rings. The van der Waals surface area contributed by atoms with Crippen LogP contribution in [0.15, 0.2) is 48.6 Å². The van der Waals surface area contributed by atoms with Gasteiger partial charge in [-0.25, -0.2) is 4.79 Å². The fraction of sp³-hybridized carbons (Fsp3) is 0.587. The monoisotopic (exact) mass is 810 g/mol. The number of methoxy groups -OCH3 is 3. The van der Waals surface area contributed by atoms with Gasteiger partial charge >= 0.3 is 17.9 Å². The Morgan fingerprint density at radius 2 is 1.71 bits per heavy atom. The molecule has 13 nitrogen and oxygen atoms in total. The fourth-order valence-electron chi connectivity index (χ4n) is 13.5. The average Bonchev–Trinajstić information content (AvgIpc) is 3.90. The van der Waals surface area contributed by atoms with Crippen molar-refractivity contribution in [1.82, 2.24) is 14.8 Å². The largest absolute Gasteiger partial charge is 0.496 e. The molecule has 2 aromatic carbocycles. The molecule has 6 aliphatic rings. The van der Waals surface area contributed by atoms with Crippen LogP contribution in [0, 0.1) is 11.3 Å². The summed E-state index contributed by atoms with van der Waals surface area (Å²) in [5.74, 6) is -1.56. The highest BCUT2D eigenvalue weighted by molar-refractivity contribution is 5.95. The lowest BCUT2D eigenvalue weighted by atomic mass is 9.47. The standard InChI is InChI=1S/C46H58N4O9/c1-8-42(54)23-28-24-45(40(52)57-6,36-30(15-19-49(25-28)26-42)29-13-10-11-14-33(29)47-36)32-21-31-34(22-35(32)56-5)48(4)38-44(31)17-20-50-18-12-16-43(9-2,37(44)50)39(59-27(3)51)46(38,55)41(53)58-7/h10-14,16,21-22,28,37-39,47,54-55H,8-9,15,17-20,23-26H2,1-7H3/t28-,37+,38+,39+,42-,43-,44-,45+,46-/m0/s1. The number of esters is 3. The maximum Gasteiger partial charge on any atom is 0.344 e. The summed E-state index contributed by atoms with van der Waals surface area (Å²) in [5.41, 5.74) is -1.62. The van der Waals surface area contributed by atoms with Crippen LogP contribution in [-0.2, 0) is 45.8 Å². The van der Waals surface area contributed by atoms with Gasteiger partial charge in [-0.15, -0.1) is 0 Å². The van der Waals surface area contributed by atoms with Crippen molar-refractivity contribution in [3.63, 3.8) is 0 Å². The molecule has 1 aromatic heterocycles. The molecule has 3 aromatic rings. The van der Waals surface area contributed by atoms with Crippen LogP contribution >= 0.6 is 0 Å². The maximum atomic E-state index is 15.3. The van der Waals surface area contributed by atoms with E-state index in [9.17, 15) is 19.8 Å². The first-order valence-electron chi connectivity index (χ1n) is 21.2. The number of aliphatic hydroxyl groups is 2. The zero-order valence-corrected chi connectivity index (χ0v) is 35.3. The quantitative estimate of drug-likeness (QED) is 0.180. The van der Waals surface area contributed by atoms with E-state index in [1.54, 1.807) is 7.11 Å². The van der Waals surface area contributed by atoms with E-state index in [2.05, 4.69) is 39.1 Å². The lowest BCUT2D eigenvalue weighted by Gasteiger charge is -2.63. The summed E-state index contributed by atoms with van der Waals surface area (Å²) < 4.78 is 23.9. The van der Waals surface area contributed by atoms with Gasteiger partial charge in [0.1, 0.15) is 11.2 Å². The van der Waals surface area contributed by atoms with Crippen LogP contribution < -0.4 is 9.64 Å². The summed E-state index contributed by atoms with van der Waals surface area (Å²) in [6, 6.07) is 11.0. The van der Waals surface area contributed by atoms with Gasteiger partial charge in [0.25, 0.3) is 0 Å². The van der Waals surface area contributed by atoms with Crippen molar-refractivity contribution >= 4 is 34.5 Å². The zero-order valence-electron chi connectivity index (χ0n) is 35.3. The summed E-state index contributed by atoms with van der Waals surface area (Å²) in [6.07, 6.45) is 5.94. The Morgan fingerprint density at radius 3 is 2.41 bits per heavy atom. The van der Waals surface area contributed by atoms with E-state index >= 15 is 4.79 Å². The Bertz CT molecular complexity index is 2260. The van der Waals surface area contributed by atoms with E-state index in [1.807, 2.05) is 50.1 Å². The van der Waals surface area contributed by atoms with Crippen LogP contribution in [0.5, 0.6) is 5.75 Å². The van der Waals surface area contributed by atoms with Gasteiger partial charge in [-0.2, -0.15) is 0 Å². The number of fused-ring (bicyclic) bond motifs is 6. The number of nitrogens with zero attached hydrogens (tertiary/aromatic N) is 3. The first-order chi connectivity index (χ1) is 28.2. The highest BCUT2D eigenvalue weighted by atomic mass is 16.6. The minimum Gasteiger partial charge on any atom is -0.496 e. The Kier molecular flexibility index (Phi) is 9.36. The van der Waals surface area contributed by atoms with Crippen LogP contribution in [0.1, 0.15) is 75.3 Å². The molecule has 2 saturated heterocycles. The van der Waals surface area contributed by atoms with E-state index in [4.69, 9.17) is 18.9 Å². The number of rotatable bonds is 7. The van der Waals surface area contributed by atoms with Crippen molar-refractivity contribution in [3.8, 4) is 5.75 Å². The maximum absolute atomic E-state index is 15.3. The first kappa shape index (κ1) is 40.0. The number of hydrogen-bond acceptors (Lipinski definition) is 12. The van der Waals surface area contributed by atoms with Crippen LogP contribution in [-0.4, -0.2) is 133 Å². The second-order valence-electron chi connectivity index (χ2n) is 18.2. The lowest BCUT2D eigenvalue weighted by molar-refractivity contribution is -0.228. The van der Waals surface area contributed by atoms with E-state index < -0.39 is 57.5 Å². The number of ether oxygens (including phenoxy) is 4. The van der Waals surface area contributed by atoms with Gasteiger partial charge in [-0.1, -0.05) is 44.2 Å². The molecular weight excluding hydrogens is 753 g/mol. The van der Waals surface area contributed by atoms with Gasteiger partial charge < -0.3 is 39.0 Å². The molecular formula is C46H58N4O9. The molecule has 3 N–H and O–H groups in total. The molecule has 5 aliphatic heterocycles. The third-order valence-corrected chi connectivity index (χ3v) is 15.6. The summed E-state index contributed by atoms with van der Waals surface area (Å²) in [7, 11) is 6.15. The number of nitrogens with one attached hydrogen (secondary N) is 1. The predicted molar refractivity (Wildman–Crippen MR) is 220 cm³/mol. The van der Waals surface area contributed by atoms with Crippen LogP contribution in [0.3, 0.4) is 0 Å². The highest BCUT2D eigenvalue weighted by Gasteiger charge is 2.80. The minimum atomic E-state index is -2.30. The molecule has 0 amide bonds. The Morgan fingerprint density at radius 1 is 0.949 bits per heavy atom. The number of aromatic nitrogens is 1. The van der Waals surface area contributed by atoms with Crippen molar-refractivity contribution in [3.05, 3.63) is 70.9 Å². The second kappa shape index (κ2) is 13.8. The molecule has 10 atom stereocenters. The minimum absolute atomic E-state index is 0.0986. The molecule has 59 heavy (non-hydrogen) atoms. The van der Waals surface area contributed by atoms with Crippen LogP contribution in [0.25, 0.3) is 10.9 Å². The normalized spacial score (nSPS) is 37.0. The highest BCUT2D eigenvalue weighted by Crippen LogP contribution is 2.68. The fourth-order valence-corrected chi connectivity index (χ4v) is 13.5. The number of anilines is 1. The number of H-pyrrole nitrogens is 1. The molecule has 1 aliphatic carbocycles. The zero-order chi connectivity index (χ0) is 41.9. The topological polar surface area (TPSA) is 154 Å². The summed E-state index contributed by atoms with van der Waals surface area (Å²) in [4.78, 5) is 53.2. The van der Waals surface area contributed by atoms with Crippen molar-refractivity contribution in [1.29, 1.82) is 0 Å². The summed E-state index contributed by atoms with van der Waals surface area (Å²) in [5, 5.41) is 26.3. The summed E-state index contributed by atoms with van der Waals surface area (Å²) >= 11 is 0. The third kappa shape index (κ3) is 5.20. The molecule has 1 unspecified atom stereocenters. The number of carbonyl (C=O) groups is 3. The average molecular weight is 811 g/mol. The number of likely N-dealkylation sites (N-methyl/N-ethyl adjacent to an activating group) is 1. The lowest BCUT2D eigenvalue weighted by Crippen LogP contribution is -2.81. The second-order valence-corrected chi connectivity index (χ2v) is 18.2. The Balaban J connectivity index is 1.36. The van der Waals surface area contributed by atoms with E-state index in [0.717, 1.165) is 33.4 Å². The van der Waals surface area contributed by atoms with E-state index in [1.165, 1.54) is 21.1 Å². The third-order valence-electron chi connectivity index (χ3n) is 15.6. The molecule has 316 valence electrons. The van der Waals surface area contributed by atoms with Crippen molar-refractivity contribution in [2.24, 2.45) is 11.3 Å². The van der Waals surface area contributed by atoms with Crippen molar-refractivity contribution < 1.29 is 43.5 Å².